The SMILES string of the molecule is O/C=C/CC(Cl)Cl. The molecule has 0 heterocycles. The lowest BCUT2D eigenvalue weighted by Crippen LogP contribution is -1.79. The average molecular weight is 141 g/mol. The molecule has 0 aliphatic rings. The highest BCUT2D eigenvalue weighted by molar-refractivity contribution is 6.44. The van der Waals surface area contributed by atoms with Crippen LogP contribution in [-0.2, 0) is 0 Å². The first-order valence-electron chi connectivity index (χ1n) is 1.84. The zero-order valence-corrected chi connectivity index (χ0v) is 5.15. The van der Waals surface area contributed by atoms with E-state index in [4.69, 9.17) is 28.3 Å². The van der Waals surface area contributed by atoms with E-state index < -0.39 is 4.84 Å². The van der Waals surface area contributed by atoms with Crippen molar-refractivity contribution in [2.75, 3.05) is 0 Å². The molecule has 0 spiro atoms. The monoisotopic (exact) mass is 140 g/mol. The van der Waals surface area contributed by atoms with Gasteiger partial charge in [0.15, 0.2) is 0 Å². The minimum atomic E-state index is -0.400. The van der Waals surface area contributed by atoms with Crippen molar-refractivity contribution in [2.45, 2.75) is 11.3 Å². The Kier molecular flexibility index (Phi) is 4.36. The summed E-state index contributed by atoms with van der Waals surface area (Å²) in [4.78, 5) is -0.400. The Hall–Kier alpha value is 0.120. The summed E-state index contributed by atoms with van der Waals surface area (Å²) in [5, 5.41) is 8.02. The summed E-state index contributed by atoms with van der Waals surface area (Å²) in [5.74, 6) is 0. The van der Waals surface area contributed by atoms with Gasteiger partial charge in [-0.25, -0.2) is 0 Å². The van der Waals surface area contributed by atoms with Crippen LogP contribution in [0.4, 0.5) is 0 Å². The number of rotatable bonds is 2. The fourth-order valence-electron chi connectivity index (χ4n) is 0.164. The Morgan fingerprint density at radius 2 is 2.14 bits per heavy atom. The fourth-order valence-corrected chi connectivity index (χ4v) is 0.369. The molecule has 0 aliphatic heterocycles. The van der Waals surface area contributed by atoms with Gasteiger partial charge in [-0.2, -0.15) is 0 Å². The van der Waals surface area contributed by atoms with Gasteiger partial charge < -0.3 is 5.11 Å². The van der Waals surface area contributed by atoms with E-state index in [0.29, 0.717) is 6.42 Å². The van der Waals surface area contributed by atoms with E-state index in [1.807, 2.05) is 0 Å². The highest BCUT2D eigenvalue weighted by Crippen LogP contribution is 2.06. The molecule has 0 amide bonds. The van der Waals surface area contributed by atoms with Crippen molar-refractivity contribution in [3.63, 3.8) is 0 Å². The van der Waals surface area contributed by atoms with E-state index in [2.05, 4.69) is 0 Å². The first-order valence-corrected chi connectivity index (χ1v) is 2.72. The van der Waals surface area contributed by atoms with Crippen molar-refractivity contribution in [3.8, 4) is 0 Å². The van der Waals surface area contributed by atoms with Crippen LogP contribution in [0.1, 0.15) is 6.42 Å². The maximum Gasteiger partial charge on any atom is 0.111 e. The van der Waals surface area contributed by atoms with E-state index in [1.165, 1.54) is 6.08 Å². The van der Waals surface area contributed by atoms with Gasteiger partial charge in [0.1, 0.15) is 4.84 Å². The largest absolute Gasteiger partial charge is 0.516 e. The highest BCUT2D eigenvalue weighted by atomic mass is 35.5. The highest BCUT2D eigenvalue weighted by Gasteiger charge is 1.90. The van der Waals surface area contributed by atoms with Gasteiger partial charge in [0, 0.05) is 0 Å². The molecular formula is C4H6Cl2O. The summed E-state index contributed by atoms with van der Waals surface area (Å²) < 4.78 is 0. The minimum Gasteiger partial charge on any atom is -0.516 e. The normalized spacial score (nSPS) is 11.3. The van der Waals surface area contributed by atoms with Crippen LogP contribution in [0.5, 0.6) is 0 Å². The summed E-state index contributed by atoms with van der Waals surface area (Å²) in [7, 11) is 0. The Labute approximate surface area is 52.5 Å². The van der Waals surface area contributed by atoms with Gasteiger partial charge >= 0.3 is 0 Å². The fraction of sp³-hybridized carbons (Fsp3) is 0.500. The third kappa shape index (κ3) is 6.12. The molecule has 0 radical (unpaired) electrons. The Morgan fingerprint density at radius 1 is 1.57 bits per heavy atom. The van der Waals surface area contributed by atoms with Gasteiger partial charge in [0.2, 0.25) is 0 Å². The Balaban J connectivity index is 2.97. The van der Waals surface area contributed by atoms with Crippen molar-refractivity contribution < 1.29 is 5.11 Å². The van der Waals surface area contributed by atoms with Crippen LogP contribution >= 0.6 is 23.2 Å². The van der Waals surface area contributed by atoms with Crippen LogP contribution in [-0.4, -0.2) is 9.94 Å². The number of hydrogen-bond acceptors (Lipinski definition) is 1. The lowest BCUT2D eigenvalue weighted by molar-refractivity contribution is 0.471. The zero-order valence-electron chi connectivity index (χ0n) is 3.64. The van der Waals surface area contributed by atoms with E-state index >= 15 is 0 Å². The van der Waals surface area contributed by atoms with Crippen LogP contribution < -0.4 is 0 Å². The van der Waals surface area contributed by atoms with Gasteiger partial charge in [-0.3, -0.25) is 0 Å². The van der Waals surface area contributed by atoms with E-state index in [-0.39, 0.29) is 0 Å². The van der Waals surface area contributed by atoms with Gasteiger partial charge in [-0.1, -0.05) is 0 Å². The first-order chi connectivity index (χ1) is 3.27. The Morgan fingerprint density at radius 3 is 2.29 bits per heavy atom. The maximum absolute atomic E-state index is 8.02. The quantitative estimate of drug-likeness (QED) is 0.461. The molecule has 0 saturated carbocycles. The third-order valence-corrected chi connectivity index (χ3v) is 0.776. The molecule has 0 bridgehead atoms. The number of aliphatic hydroxyl groups is 1. The molecule has 0 aliphatic carbocycles. The molecule has 0 aromatic carbocycles. The van der Waals surface area contributed by atoms with Gasteiger partial charge in [0.05, 0.1) is 6.26 Å². The second kappa shape index (κ2) is 4.28. The average Bonchev–Trinajstić information content (AvgIpc) is 1.61. The smallest absolute Gasteiger partial charge is 0.111 e. The topological polar surface area (TPSA) is 20.2 Å². The number of aliphatic hydroxyl groups excluding tert-OH is 1. The molecule has 0 aromatic rings. The maximum atomic E-state index is 8.02. The first kappa shape index (κ1) is 7.12. The molecule has 0 rings (SSSR count). The molecule has 42 valence electrons. The van der Waals surface area contributed by atoms with Crippen LogP contribution in [0.25, 0.3) is 0 Å². The number of hydrogen-bond donors (Lipinski definition) is 1. The van der Waals surface area contributed by atoms with Gasteiger partial charge in [0.25, 0.3) is 0 Å². The Bertz CT molecular complexity index is 60.7. The number of halogens is 2. The van der Waals surface area contributed by atoms with Crippen molar-refractivity contribution in [2.24, 2.45) is 0 Å². The summed E-state index contributed by atoms with van der Waals surface area (Å²) in [6.07, 6.45) is 2.92. The second-order valence-corrected chi connectivity index (χ2v) is 2.29. The van der Waals surface area contributed by atoms with Gasteiger partial charge in [-0.15, -0.1) is 23.2 Å². The number of allylic oxidation sites excluding steroid dienone is 1. The van der Waals surface area contributed by atoms with Crippen molar-refractivity contribution in [1.29, 1.82) is 0 Å². The van der Waals surface area contributed by atoms with Gasteiger partial charge in [-0.05, 0) is 12.5 Å². The molecule has 1 nitrogen and oxygen atoms in total. The zero-order chi connectivity index (χ0) is 5.70. The minimum absolute atomic E-state index is 0.400. The molecule has 0 unspecified atom stereocenters. The summed E-state index contributed by atoms with van der Waals surface area (Å²) in [6, 6.07) is 0. The summed E-state index contributed by atoms with van der Waals surface area (Å²) >= 11 is 10.5. The summed E-state index contributed by atoms with van der Waals surface area (Å²) in [6.45, 7) is 0. The van der Waals surface area contributed by atoms with Crippen LogP contribution in [0.3, 0.4) is 0 Å². The van der Waals surface area contributed by atoms with E-state index in [0.717, 1.165) is 6.26 Å². The molecule has 0 fully saturated rings. The molecule has 1 N–H and O–H groups in total. The van der Waals surface area contributed by atoms with E-state index in [1.54, 1.807) is 0 Å². The predicted octanol–water partition coefficient (Wildman–Crippen LogP) is 2.25. The molecule has 0 atom stereocenters. The molecule has 3 heteroatoms. The third-order valence-electron chi connectivity index (χ3n) is 0.420. The predicted molar refractivity (Wildman–Crippen MR) is 31.9 cm³/mol. The van der Waals surface area contributed by atoms with Crippen molar-refractivity contribution in [1.82, 2.24) is 0 Å². The van der Waals surface area contributed by atoms with Crippen LogP contribution in [0.2, 0.25) is 0 Å². The summed E-state index contributed by atoms with van der Waals surface area (Å²) in [5.41, 5.74) is 0. The second-order valence-electron chi connectivity index (χ2n) is 1.01. The lowest BCUT2D eigenvalue weighted by Gasteiger charge is -1.87. The lowest BCUT2D eigenvalue weighted by atomic mass is 10.5. The molecule has 0 saturated heterocycles. The van der Waals surface area contributed by atoms with Crippen molar-refractivity contribution in [3.05, 3.63) is 12.3 Å². The molecular weight excluding hydrogens is 135 g/mol. The van der Waals surface area contributed by atoms with E-state index in [9.17, 15) is 0 Å². The number of alkyl halides is 2. The standard InChI is InChI=1S/C4H6Cl2O/c5-4(6)2-1-3-7/h1,3-4,7H,2H2/b3-1+. The molecule has 7 heavy (non-hydrogen) atoms. The molecule has 0 aromatic heterocycles. The van der Waals surface area contributed by atoms with Crippen LogP contribution in [0, 0.1) is 0 Å². The van der Waals surface area contributed by atoms with Crippen LogP contribution in [0.15, 0.2) is 12.3 Å². The van der Waals surface area contributed by atoms with Crippen molar-refractivity contribution >= 4 is 23.2 Å².